The van der Waals surface area contributed by atoms with Crippen LogP contribution in [0.4, 0.5) is 0 Å². The molecule has 0 N–H and O–H groups in total. The van der Waals surface area contributed by atoms with Gasteiger partial charge in [0.05, 0.1) is 50.7 Å². The van der Waals surface area contributed by atoms with Crippen LogP contribution in [0.3, 0.4) is 0 Å². The van der Waals surface area contributed by atoms with Gasteiger partial charge >= 0.3 is 0 Å². The first-order valence-corrected chi connectivity index (χ1v) is 44.8. The summed E-state index contributed by atoms with van der Waals surface area (Å²) < 4.78 is 0. The van der Waals surface area contributed by atoms with E-state index in [0.717, 1.165) is 134 Å². The average Bonchev–Trinajstić information content (AvgIpc) is 1.07. The van der Waals surface area contributed by atoms with Gasteiger partial charge in [-0.25, -0.2) is 24.9 Å². The molecule has 0 atom stereocenters. The van der Waals surface area contributed by atoms with Crippen molar-refractivity contribution in [3.63, 3.8) is 0 Å². The number of hydrogen-bond acceptors (Lipinski definition) is 7. The van der Waals surface area contributed by atoms with Crippen LogP contribution < -0.4 is 0 Å². The Morgan fingerprint density at radius 3 is 0.826 bits per heavy atom. The van der Waals surface area contributed by atoms with Gasteiger partial charge in [0, 0.05) is 68.1 Å². The summed E-state index contributed by atoms with van der Waals surface area (Å²) in [6.45, 7) is 0. The highest BCUT2D eigenvalue weighted by Gasteiger charge is 2.22. The molecule has 0 saturated carbocycles. The van der Waals surface area contributed by atoms with Crippen LogP contribution in [-0.4, -0.2) is 34.9 Å². The van der Waals surface area contributed by atoms with E-state index in [1.807, 2.05) is 30.7 Å². The van der Waals surface area contributed by atoms with Gasteiger partial charge in [-0.1, -0.05) is 285 Å². The topological polar surface area (TPSA) is 90.2 Å². The molecular formula is C125H77N7. The quantitative estimate of drug-likeness (QED) is 0.133. The standard InChI is InChI=1S/2C42H26N2.C41H25N3/c1-5-15-34-28(10-1)23-29-11-2-6-16-35(29)41(34)39-25-33(27-19-20-38-32(22-27)14-9-21-43-38)26-40(44-39)42-36-17-7-3-12-30(36)24-31-13-4-8-18-37(31)42;1-3-10-29-23-38-32(20-27(29)8-1)12-5-15-36(38)41-25-35(31-17-18-40-34(22-31)14-7-19-43-40)26-42(44-41)37-16-6-13-33-21-28-9-2-4-11-30(28)24-39(33)37;1-3-7-28-17-35-20-33(11-9-30(35)15-26(28)5-1)40-22-37(32-13-14-39-38(19-32)24-42-25-43-39)23-41(44-40)34-12-10-31-16-27-6-2-4-8-29(27)18-36(31)21-34/h2*1-26H;1-25H. The van der Waals surface area contributed by atoms with Gasteiger partial charge in [0.25, 0.3) is 0 Å². The van der Waals surface area contributed by atoms with Crippen molar-refractivity contribution in [2.45, 2.75) is 0 Å². The van der Waals surface area contributed by atoms with Crippen molar-refractivity contribution >= 4 is 162 Å². The molecule has 7 nitrogen and oxygen atoms in total. The highest BCUT2D eigenvalue weighted by atomic mass is 14.8. The maximum absolute atomic E-state index is 5.55. The van der Waals surface area contributed by atoms with Gasteiger partial charge in [0.15, 0.2) is 0 Å². The summed E-state index contributed by atoms with van der Waals surface area (Å²) in [7, 11) is 0. The first kappa shape index (κ1) is 76.8. The van der Waals surface area contributed by atoms with Crippen LogP contribution in [0.2, 0.25) is 0 Å². The monoisotopic (exact) mass is 1680 g/mol. The highest BCUT2D eigenvalue weighted by molar-refractivity contribution is 6.16. The lowest BCUT2D eigenvalue weighted by Crippen LogP contribution is -1.95. The second-order valence-electron chi connectivity index (χ2n) is 34.4. The zero-order valence-electron chi connectivity index (χ0n) is 71.6. The molecule has 0 saturated heterocycles. The average molecular weight is 1680 g/mol. The maximum Gasteiger partial charge on any atom is 0.116 e. The van der Waals surface area contributed by atoms with Gasteiger partial charge in [-0.2, -0.15) is 0 Å². The summed E-state index contributed by atoms with van der Waals surface area (Å²) in [4.78, 5) is 34.0. The van der Waals surface area contributed by atoms with E-state index >= 15 is 0 Å². The van der Waals surface area contributed by atoms with Gasteiger partial charge in [-0.05, 0) is 320 Å². The number of hydrogen-bond donors (Lipinski definition) is 0. The van der Waals surface area contributed by atoms with Crippen molar-refractivity contribution in [3.05, 3.63) is 468 Å². The molecule has 0 aliphatic rings. The molecule has 6 heterocycles. The Morgan fingerprint density at radius 1 is 0.144 bits per heavy atom. The molecule has 0 bridgehead atoms. The highest BCUT2D eigenvalue weighted by Crippen LogP contribution is 2.46. The summed E-state index contributed by atoms with van der Waals surface area (Å²) in [5.41, 5.74) is 22.2. The van der Waals surface area contributed by atoms with Crippen LogP contribution in [0.25, 0.3) is 263 Å². The largest absolute Gasteiger partial charge is 0.256 e. The molecule has 0 radical (unpaired) electrons. The van der Waals surface area contributed by atoms with Crippen molar-refractivity contribution in [2.24, 2.45) is 0 Å². The fourth-order valence-corrected chi connectivity index (χ4v) is 19.8. The van der Waals surface area contributed by atoms with Crippen molar-refractivity contribution < 1.29 is 0 Å². The van der Waals surface area contributed by atoms with Gasteiger partial charge < -0.3 is 0 Å². The predicted octanol–water partition coefficient (Wildman–Crippen LogP) is 33.1. The van der Waals surface area contributed by atoms with E-state index < -0.39 is 0 Å². The van der Waals surface area contributed by atoms with E-state index in [9.17, 15) is 0 Å². The summed E-state index contributed by atoms with van der Waals surface area (Å²) in [5, 5.41) is 32.5. The molecule has 0 spiro atoms. The molecule has 0 aliphatic heterocycles. The molecule has 132 heavy (non-hydrogen) atoms. The lowest BCUT2D eigenvalue weighted by molar-refractivity contribution is 1.22. The lowest BCUT2D eigenvalue weighted by atomic mass is 9.90. The fourth-order valence-electron chi connectivity index (χ4n) is 19.8. The number of fused-ring (bicyclic) bond motifs is 15. The number of aromatic nitrogens is 7. The van der Waals surface area contributed by atoms with E-state index in [1.54, 1.807) is 6.33 Å². The van der Waals surface area contributed by atoms with E-state index in [1.165, 1.54) is 129 Å². The molecule has 21 aromatic carbocycles. The number of nitrogens with zero attached hydrogens (tertiary/aromatic N) is 7. The number of pyridine rings is 5. The SMILES string of the molecule is c1ccc2cc3c(-c4cc(-c5ccc6ncccc6c5)cc(-c5cccc6cc7ccccc7cc56)n4)cccc3cc2c1.c1ccc2cc3cc(-c4cc(-c5ccc6ncncc6c5)cc(-c5ccc6cc7ccccc7cc6c5)n4)ccc3cc2c1.c1cnc2ccc(-c3cc(-c4c5ccccc5cc5ccccc45)nc(-c4c5ccccc5cc5ccccc45)c3)cc2c1. The Balaban J connectivity index is 0.000000106. The lowest BCUT2D eigenvalue weighted by Gasteiger charge is -2.17. The molecule has 0 amide bonds. The minimum atomic E-state index is 0.932. The summed E-state index contributed by atoms with van der Waals surface area (Å²) in [6.07, 6.45) is 7.16. The van der Waals surface area contributed by atoms with Crippen LogP contribution >= 0.6 is 0 Å². The first-order chi connectivity index (χ1) is 65.3. The van der Waals surface area contributed by atoms with E-state index in [2.05, 4.69) is 451 Å². The Kier molecular flexibility index (Phi) is 18.8. The third-order valence-electron chi connectivity index (χ3n) is 26.3. The minimum absolute atomic E-state index is 0.932. The van der Waals surface area contributed by atoms with Crippen molar-refractivity contribution in [2.75, 3.05) is 0 Å². The molecule has 0 aliphatic carbocycles. The molecule has 6 aromatic heterocycles. The normalized spacial score (nSPS) is 11.6. The van der Waals surface area contributed by atoms with Crippen molar-refractivity contribution in [3.8, 4) is 101 Å². The second kappa shape index (κ2) is 32.3. The molecule has 7 heteroatoms. The molecule has 612 valence electrons. The zero-order valence-corrected chi connectivity index (χ0v) is 71.6. The fraction of sp³-hybridized carbons (Fsp3) is 0. The summed E-state index contributed by atoms with van der Waals surface area (Å²) >= 11 is 0. The van der Waals surface area contributed by atoms with Crippen molar-refractivity contribution in [1.82, 2.24) is 34.9 Å². The smallest absolute Gasteiger partial charge is 0.116 e. The predicted molar refractivity (Wildman–Crippen MR) is 555 cm³/mol. The number of benzene rings is 21. The zero-order chi connectivity index (χ0) is 87.1. The Hall–Kier alpha value is -17.7. The minimum Gasteiger partial charge on any atom is -0.256 e. The molecule has 27 aromatic rings. The van der Waals surface area contributed by atoms with Gasteiger partial charge in [0.2, 0.25) is 0 Å². The van der Waals surface area contributed by atoms with Crippen LogP contribution in [-0.2, 0) is 0 Å². The molecular weight excluding hydrogens is 1600 g/mol. The Morgan fingerprint density at radius 2 is 0.417 bits per heavy atom. The van der Waals surface area contributed by atoms with E-state index in [0.29, 0.717) is 0 Å². The Bertz CT molecular complexity index is 8890. The van der Waals surface area contributed by atoms with Crippen LogP contribution in [0.5, 0.6) is 0 Å². The van der Waals surface area contributed by atoms with Crippen molar-refractivity contribution in [1.29, 1.82) is 0 Å². The van der Waals surface area contributed by atoms with E-state index in [4.69, 9.17) is 15.0 Å². The molecule has 27 rings (SSSR count). The number of rotatable bonds is 9. The van der Waals surface area contributed by atoms with E-state index in [-0.39, 0.29) is 0 Å². The third kappa shape index (κ3) is 14.3. The molecule has 0 unspecified atom stereocenters. The van der Waals surface area contributed by atoms with Crippen LogP contribution in [0.1, 0.15) is 0 Å². The van der Waals surface area contributed by atoms with Gasteiger partial charge in [0.1, 0.15) is 6.33 Å². The Labute approximate surface area is 760 Å². The second-order valence-corrected chi connectivity index (χ2v) is 34.4. The van der Waals surface area contributed by atoms with Crippen LogP contribution in [0.15, 0.2) is 468 Å². The van der Waals surface area contributed by atoms with Crippen LogP contribution in [0, 0.1) is 0 Å². The third-order valence-corrected chi connectivity index (χ3v) is 26.3. The molecule has 0 fully saturated rings. The first-order valence-electron chi connectivity index (χ1n) is 44.8. The summed E-state index contributed by atoms with van der Waals surface area (Å²) in [5.74, 6) is 0. The van der Waals surface area contributed by atoms with Gasteiger partial charge in [-0.15, -0.1) is 0 Å². The van der Waals surface area contributed by atoms with Gasteiger partial charge in [-0.3, -0.25) is 9.97 Å². The maximum atomic E-state index is 5.55. The summed E-state index contributed by atoms with van der Waals surface area (Å²) in [6, 6.07) is 159.